The average Bonchev–Trinajstić information content (AvgIpc) is 2.67. The minimum atomic E-state index is -0.336. The molecule has 138 valence electrons. The highest BCUT2D eigenvalue weighted by Gasteiger charge is 2.09. The van der Waals surface area contributed by atoms with Crippen LogP contribution < -0.4 is 15.4 Å². The number of aryl methyl sites for hydroxylation is 1. The van der Waals surface area contributed by atoms with Crippen LogP contribution in [0.2, 0.25) is 5.02 Å². The third-order valence-electron chi connectivity index (χ3n) is 3.76. The molecular weight excluding hydrogens is 364 g/mol. The van der Waals surface area contributed by atoms with Crippen molar-refractivity contribution in [1.29, 1.82) is 0 Å². The quantitative estimate of drug-likeness (QED) is 0.638. The first-order valence-electron chi connectivity index (χ1n) is 8.46. The van der Waals surface area contributed by atoms with Gasteiger partial charge in [-0.25, -0.2) is 0 Å². The second-order valence-electron chi connectivity index (χ2n) is 5.80. The van der Waals surface area contributed by atoms with Crippen molar-refractivity contribution in [2.75, 3.05) is 17.2 Å². The van der Waals surface area contributed by atoms with Crippen molar-refractivity contribution in [2.45, 2.75) is 13.8 Å². The summed E-state index contributed by atoms with van der Waals surface area (Å²) in [6.45, 7) is 4.44. The molecule has 0 spiro atoms. The van der Waals surface area contributed by atoms with Gasteiger partial charge >= 0.3 is 0 Å². The Morgan fingerprint density at radius 1 is 1.04 bits per heavy atom. The van der Waals surface area contributed by atoms with E-state index < -0.39 is 0 Å². The van der Waals surface area contributed by atoms with Gasteiger partial charge in [-0.15, -0.1) is 10.2 Å². The van der Waals surface area contributed by atoms with E-state index in [2.05, 4.69) is 20.8 Å². The lowest BCUT2D eigenvalue weighted by molar-refractivity contribution is 0.102. The second-order valence-corrected chi connectivity index (χ2v) is 6.21. The van der Waals surface area contributed by atoms with Gasteiger partial charge in [0.05, 0.1) is 6.61 Å². The minimum absolute atomic E-state index is 0.219. The molecule has 1 aromatic heterocycles. The first kappa shape index (κ1) is 18.7. The number of benzene rings is 2. The molecule has 6 nitrogen and oxygen atoms in total. The number of carbonyl (C=O) groups is 1. The number of nitrogens with one attached hydrogen (secondary N) is 2. The van der Waals surface area contributed by atoms with Crippen LogP contribution in [0.1, 0.15) is 23.0 Å². The summed E-state index contributed by atoms with van der Waals surface area (Å²) in [5.41, 5.74) is 2.67. The number of aromatic nitrogens is 2. The summed E-state index contributed by atoms with van der Waals surface area (Å²) >= 11 is 6.11. The largest absolute Gasteiger partial charge is 0.494 e. The fourth-order valence-corrected chi connectivity index (χ4v) is 2.52. The van der Waals surface area contributed by atoms with E-state index in [1.165, 1.54) is 0 Å². The van der Waals surface area contributed by atoms with E-state index in [4.69, 9.17) is 16.3 Å². The minimum Gasteiger partial charge on any atom is -0.494 e. The standard InChI is InChI=1S/C20H19ClN4O2/c1-3-27-16-8-6-14(7-9-16)23-20(26)18-10-11-19(25-24-18)22-15-5-4-13(2)17(21)12-15/h4-12H,3H2,1-2H3,(H,22,25)(H,23,26). The molecule has 0 bridgehead atoms. The topological polar surface area (TPSA) is 76.1 Å². The smallest absolute Gasteiger partial charge is 0.276 e. The van der Waals surface area contributed by atoms with E-state index in [0.717, 1.165) is 17.0 Å². The number of nitrogens with zero attached hydrogens (tertiary/aromatic N) is 2. The Kier molecular flexibility index (Phi) is 5.88. The molecule has 1 amide bonds. The second kappa shape index (κ2) is 8.51. The maximum Gasteiger partial charge on any atom is 0.276 e. The van der Waals surface area contributed by atoms with Crippen LogP contribution in [0.25, 0.3) is 0 Å². The van der Waals surface area contributed by atoms with Crippen LogP contribution in [0.5, 0.6) is 5.75 Å². The van der Waals surface area contributed by atoms with Crippen molar-refractivity contribution in [3.63, 3.8) is 0 Å². The Bertz CT molecular complexity index is 928. The number of rotatable bonds is 6. The van der Waals surface area contributed by atoms with Gasteiger partial charge in [0.2, 0.25) is 0 Å². The monoisotopic (exact) mass is 382 g/mol. The maximum absolute atomic E-state index is 12.3. The number of hydrogen-bond acceptors (Lipinski definition) is 5. The molecular formula is C20H19ClN4O2. The molecule has 1 heterocycles. The highest BCUT2D eigenvalue weighted by molar-refractivity contribution is 6.31. The van der Waals surface area contributed by atoms with Gasteiger partial charge < -0.3 is 15.4 Å². The normalized spacial score (nSPS) is 10.3. The van der Waals surface area contributed by atoms with Crippen LogP contribution in [0.15, 0.2) is 54.6 Å². The number of anilines is 3. The summed E-state index contributed by atoms with van der Waals surface area (Å²) < 4.78 is 5.38. The van der Waals surface area contributed by atoms with Crippen molar-refractivity contribution in [3.8, 4) is 5.75 Å². The molecule has 2 N–H and O–H groups in total. The molecule has 0 saturated carbocycles. The predicted octanol–water partition coefficient (Wildman–Crippen LogP) is 4.83. The van der Waals surface area contributed by atoms with Crippen LogP contribution in [-0.2, 0) is 0 Å². The first-order valence-corrected chi connectivity index (χ1v) is 8.84. The zero-order valence-corrected chi connectivity index (χ0v) is 15.7. The molecule has 3 rings (SSSR count). The third-order valence-corrected chi connectivity index (χ3v) is 4.17. The van der Waals surface area contributed by atoms with E-state index in [1.54, 1.807) is 36.4 Å². The lowest BCUT2D eigenvalue weighted by Crippen LogP contribution is -2.14. The van der Waals surface area contributed by atoms with Gasteiger partial charge in [0, 0.05) is 16.4 Å². The Labute approximate surface area is 162 Å². The zero-order chi connectivity index (χ0) is 19.2. The molecule has 2 aromatic carbocycles. The molecule has 7 heteroatoms. The number of hydrogen-bond donors (Lipinski definition) is 2. The zero-order valence-electron chi connectivity index (χ0n) is 15.0. The Morgan fingerprint density at radius 2 is 1.78 bits per heavy atom. The lowest BCUT2D eigenvalue weighted by atomic mass is 10.2. The van der Waals surface area contributed by atoms with Crippen molar-refractivity contribution in [2.24, 2.45) is 0 Å². The van der Waals surface area contributed by atoms with Crippen molar-refractivity contribution < 1.29 is 9.53 Å². The summed E-state index contributed by atoms with van der Waals surface area (Å²) in [5.74, 6) is 0.936. The van der Waals surface area contributed by atoms with Gasteiger partial charge in [-0.1, -0.05) is 17.7 Å². The van der Waals surface area contributed by atoms with Gasteiger partial charge in [0.1, 0.15) is 5.75 Å². The molecule has 0 saturated heterocycles. The van der Waals surface area contributed by atoms with Gasteiger partial charge in [0.15, 0.2) is 11.5 Å². The molecule has 0 aliphatic rings. The van der Waals surface area contributed by atoms with E-state index in [9.17, 15) is 4.79 Å². The third kappa shape index (κ3) is 4.95. The van der Waals surface area contributed by atoms with Crippen LogP contribution in [0, 0.1) is 6.92 Å². The number of halogens is 1. The first-order chi connectivity index (χ1) is 13.0. The lowest BCUT2D eigenvalue weighted by Gasteiger charge is -2.08. The highest BCUT2D eigenvalue weighted by Crippen LogP contribution is 2.22. The molecule has 0 atom stereocenters. The highest BCUT2D eigenvalue weighted by atomic mass is 35.5. The van der Waals surface area contributed by atoms with Crippen LogP contribution >= 0.6 is 11.6 Å². The Balaban J connectivity index is 1.63. The number of carbonyl (C=O) groups excluding carboxylic acids is 1. The molecule has 0 aliphatic carbocycles. The van der Waals surface area contributed by atoms with Crippen molar-refractivity contribution >= 4 is 34.7 Å². The SMILES string of the molecule is CCOc1ccc(NC(=O)c2ccc(Nc3ccc(C)c(Cl)c3)nn2)cc1. The summed E-state index contributed by atoms with van der Waals surface area (Å²) in [6.07, 6.45) is 0. The van der Waals surface area contributed by atoms with Crippen molar-refractivity contribution in [1.82, 2.24) is 10.2 Å². The Morgan fingerprint density at radius 3 is 2.41 bits per heavy atom. The summed E-state index contributed by atoms with van der Waals surface area (Å²) in [6, 6.07) is 16.1. The fourth-order valence-electron chi connectivity index (χ4n) is 2.33. The maximum atomic E-state index is 12.3. The molecule has 0 radical (unpaired) electrons. The fraction of sp³-hybridized carbons (Fsp3) is 0.150. The van der Waals surface area contributed by atoms with Gasteiger partial charge in [-0.3, -0.25) is 4.79 Å². The summed E-state index contributed by atoms with van der Waals surface area (Å²) in [4.78, 5) is 12.3. The van der Waals surface area contributed by atoms with Crippen LogP contribution in [0.4, 0.5) is 17.2 Å². The van der Waals surface area contributed by atoms with Gasteiger partial charge in [0.25, 0.3) is 5.91 Å². The molecule has 3 aromatic rings. The van der Waals surface area contributed by atoms with Crippen molar-refractivity contribution in [3.05, 3.63) is 70.9 Å². The van der Waals surface area contributed by atoms with E-state index in [1.807, 2.05) is 32.0 Å². The Hall–Kier alpha value is -3.12. The molecule has 27 heavy (non-hydrogen) atoms. The van der Waals surface area contributed by atoms with Gasteiger partial charge in [-0.05, 0) is 67.9 Å². The molecule has 0 unspecified atom stereocenters. The van der Waals surface area contributed by atoms with E-state index >= 15 is 0 Å². The van der Waals surface area contributed by atoms with E-state index in [0.29, 0.717) is 23.1 Å². The summed E-state index contributed by atoms with van der Waals surface area (Å²) in [5, 5.41) is 14.6. The number of ether oxygens (including phenoxy) is 1. The molecule has 0 fully saturated rings. The van der Waals surface area contributed by atoms with Crippen LogP contribution in [-0.4, -0.2) is 22.7 Å². The average molecular weight is 383 g/mol. The summed E-state index contributed by atoms with van der Waals surface area (Å²) in [7, 11) is 0. The predicted molar refractivity (Wildman–Crippen MR) is 107 cm³/mol. The van der Waals surface area contributed by atoms with E-state index in [-0.39, 0.29) is 11.6 Å². The van der Waals surface area contributed by atoms with Crippen LogP contribution in [0.3, 0.4) is 0 Å². The number of amides is 1. The van der Waals surface area contributed by atoms with Gasteiger partial charge in [-0.2, -0.15) is 0 Å². The molecule has 0 aliphatic heterocycles.